The van der Waals surface area contributed by atoms with Gasteiger partial charge in [-0.25, -0.2) is 18.1 Å². The molecule has 434 valence electrons. The van der Waals surface area contributed by atoms with Gasteiger partial charge in [-0.15, -0.1) is 0 Å². The second-order valence-corrected chi connectivity index (χ2v) is 25.6. The van der Waals surface area contributed by atoms with Crippen molar-refractivity contribution in [1.82, 2.24) is 29.5 Å². The number of amides is 1. The summed E-state index contributed by atoms with van der Waals surface area (Å²) in [6.07, 6.45) is 9.65. The van der Waals surface area contributed by atoms with Gasteiger partial charge in [0.1, 0.15) is 23.1 Å². The Morgan fingerprint density at radius 2 is 1.76 bits per heavy atom. The number of aliphatic hydroxyl groups is 1. The Balaban J connectivity index is 0.800. The third-order valence-corrected chi connectivity index (χ3v) is 20.3. The topological polar surface area (TPSA) is 230 Å². The average molecular weight is 1140 g/mol. The highest BCUT2D eigenvalue weighted by Crippen LogP contribution is 2.57. The van der Waals surface area contributed by atoms with Crippen molar-refractivity contribution in [2.24, 2.45) is 17.3 Å². The number of nitro benzene ring substituents is 1. The number of carbonyl (C=O) groups excluding carboxylic acids is 1. The van der Waals surface area contributed by atoms with Crippen LogP contribution in [0.1, 0.15) is 98.3 Å². The largest absolute Gasteiger partial charge is 0.491 e. The number of aromatic nitrogens is 3. The first-order valence-electron chi connectivity index (χ1n) is 28.8. The number of hydrogen-bond acceptors (Lipinski definition) is 17. The molecule has 2 aliphatic carbocycles. The summed E-state index contributed by atoms with van der Waals surface area (Å²) in [6.45, 7) is 12.8. The Morgan fingerprint density at radius 1 is 0.951 bits per heavy atom. The summed E-state index contributed by atoms with van der Waals surface area (Å²) in [4.78, 5) is 48.6. The fourth-order valence-corrected chi connectivity index (χ4v) is 15.1. The molecule has 2 saturated carbocycles. The molecule has 6 aromatic rings. The summed E-state index contributed by atoms with van der Waals surface area (Å²) in [5.74, 6) is 1.21. The van der Waals surface area contributed by atoms with E-state index in [-0.39, 0.29) is 34.7 Å². The van der Waals surface area contributed by atoms with Gasteiger partial charge in [0.2, 0.25) is 5.88 Å². The molecule has 5 atom stereocenters. The molecule has 21 heteroatoms. The number of hydrogen-bond donors (Lipinski definition) is 4. The lowest BCUT2D eigenvalue weighted by Gasteiger charge is -2.62. The number of ether oxygens (including phenoxy) is 4. The maximum atomic E-state index is 14.9. The molecule has 1 amide bonds. The minimum Gasteiger partial charge on any atom is -0.491 e. The molecule has 12 rings (SSSR count). The van der Waals surface area contributed by atoms with E-state index in [0.29, 0.717) is 85.5 Å². The number of carbonyl (C=O) groups is 1. The number of sulfonamides is 1. The van der Waals surface area contributed by atoms with Gasteiger partial charge in [-0.05, 0) is 148 Å². The highest BCUT2D eigenvalue weighted by Gasteiger charge is 2.55. The highest BCUT2D eigenvalue weighted by molar-refractivity contribution is 7.90. The summed E-state index contributed by atoms with van der Waals surface area (Å²) in [5, 5.41) is 26.9. The number of H-pyrrole nitrogens is 1. The molecule has 4 N–H and O–H groups in total. The van der Waals surface area contributed by atoms with Crippen molar-refractivity contribution in [1.29, 1.82) is 0 Å². The number of piperidine rings is 1. The lowest BCUT2D eigenvalue weighted by atomic mass is 9.53. The molecule has 4 aliphatic heterocycles. The lowest BCUT2D eigenvalue weighted by molar-refractivity contribution is -0.384. The van der Waals surface area contributed by atoms with Crippen LogP contribution >= 0.6 is 0 Å². The van der Waals surface area contributed by atoms with Crippen LogP contribution < -0.4 is 34.0 Å². The van der Waals surface area contributed by atoms with Gasteiger partial charge < -0.3 is 44.2 Å². The first kappa shape index (κ1) is 55.5. The van der Waals surface area contributed by atoms with E-state index in [1.54, 1.807) is 20.3 Å². The first-order valence-corrected chi connectivity index (χ1v) is 30.3. The average Bonchev–Trinajstić information content (AvgIpc) is 1.61. The number of pyridine rings is 2. The van der Waals surface area contributed by atoms with Gasteiger partial charge in [-0.1, -0.05) is 31.2 Å². The van der Waals surface area contributed by atoms with Gasteiger partial charge in [0.05, 0.1) is 53.5 Å². The number of aromatic amines is 1. The minimum absolute atomic E-state index is 0.103. The van der Waals surface area contributed by atoms with Crippen LogP contribution in [0.3, 0.4) is 0 Å². The predicted molar refractivity (Wildman–Crippen MR) is 312 cm³/mol. The zero-order chi connectivity index (χ0) is 57.1. The second kappa shape index (κ2) is 22.3. The third kappa shape index (κ3) is 10.7. The van der Waals surface area contributed by atoms with Crippen LogP contribution in [-0.2, 0) is 21.3 Å². The quantitative estimate of drug-likeness (QED) is 0.0555. The highest BCUT2D eigenvalue weighted by atomic mass is 32.2. The van der Waals surface area contributed by atoms with Crippen LogP contribution in [0.5, 0.6) is 17.5 Å². The van der Waals surface area contributed by atoms with Gasteiger partial charge in [0, 0.05) is 94.0 Å². The molecule has 3 aromatic carbocycles. The Labute approximate surface area is 478 Å². The summed E-state index contributed by atoms with van der Waals surface area (Å²) in [6, 6.07) is 24.3. The number of nitrogens with one attached hydrogen (secondary N) is 3. The summed E-state index contributed by atoms with van der Waals surface area (Å²) in [7, 11) is -1.41. The first-order chi connectivity index (χ1) is 39.5. The van der Waals surface area contributed by atoms with Crippen LogP contribution in [0.25, 0.3) is 11.0 Å². The molecule has 3 saturated heterocycles. The van der Waals surface area contributed by atoms with Crippen molar-refractivity contribution in [3.05, 3.63) is 124 Å². The molecule has 1 spiro atoms. The molecular weight excluding hydrogens is 1060 g/mol. The van der Waals surface area contributed by atoms with Gasteiger partial charge >= 0.3 is 0 Å². The van der Waals surface area contributed by atoms with E-state index < -0.39 is 43.1 Å². The molecule has 7 heterocycles. The Hall–Kier alpha value is -7.04. The Kier molecular flexibility index (Phi) is 15.1. The number of nitrogens with zero attached hydrogens (tertiary/aromatic N) is 7. The standard InChI is InChI=1S/C61H74N10O10S/c1-38-8-6-7-9-45(38)53-36-67(35-41-28-54(78-4)59(79-5)64-34-41)25-26-69(53)52-32-61(39(52)2)20-23-68(24-21-61)43-10-12-46(49(30-43)70-48-17-27-80-37-55(48)81-58-51(70)29-42-16-22-62-56(42)65-58)57(72)66-82(76,77)44-11-13-47(50(31-44)71(74)75)63-33-40-14-18-60(3,73)19-15-40/h6-13,16,22,28-31,34,39-40,48,52-53,55,63,73H,14-15,17-21,23-27,32-33,35-37H2,1-5H3,(H,62,65)(H,66,72)/t39-,40-,48-,52-,53-,55-,60-/m0/s1. The van der Waals surface area contributed by atoms with E-state index >= 15 is 0 Å². The van der Waals surface area contributed by atoms with Crippen molar-refractivity contribution >= 4 is 55.4 Å². The van der Waals surface area contributed by atoms with Crippen LogP contribution in [0.15, 0.2) is 96.2 Å². The van der Waals surface area contributed by atoms with Crippen molar-refractivity contribution < 1.29 is 42.2 Å². The molecule has 0 radical (unpaired) electrons. The minimum atomic E-state index is -4.65. The molecular formula is C61H74N10O10S. The number of nitro groups is 1. The fraction of sp³-hybridized carbons (Fsp3) is 0.492. The number of benzene rings is 3. The molecule has 0 unspecified atom stereocenters. The predicted octanol–water partition coefficient (Wildman–Crippen LogP) is 8.91. The second-order valence-electron chi connectivity index (χ2n) is 23.9. The number of rotatable bonds is 15. The van der Waals surface area contributed by atoms with Crippen LogP contribution in [0, 0.1) is 34.3 Å². The van der Waals surface area contributed by atoms with Gasteiger partial charge in [0.25, 0.3) is 27.5 Å². The van der Waals surface area contributed by atoms with E-state index in [9.17, 15) is 28.4 Å². The zero-order valence-electron chi connectivity index (χ0n) is 47.3. The monoisotopic (exact) mass is 1140 g/mol. The molecule has 3 aromatic heterocycles. The molecule has 5 fully saturated rings. The fourth-order valence-electron chi connectivity index (χ4n) is 14.1. The summed E-state index contributed by atoms with van der Waals surface area (Å²) < 4.78 is 54.4. The molecule has 0 bridgehead atoms. The van der Waals surface area contributed by atoms with Gasteiger partial charge in [-0.3, -0.25) is 24.7 Å². The van der Waals surface area contributed by atoms with Crippen molar-refractivity contribution in [2.75, 3.05) is 81.8 Å². The van der Waals surface area contributed by atoms with Crippen molar-refractivity contribution in [3.8, 4) is 17.5 Å². The van der Waals surface area contributed by atoms with E-state index in [1.807, 2.05) is 49.6 Å². The number of piperazine rings is 1. The molecule has 6 aliphatic rings. The number of aryl methyl sites for hydroxylation is 1. The summed E-state index contributed by atoms with van der Waals surface area (Å²) in [5.41, 5.74) is 5.68. The normalized spacial score (nSPS) is 25.6. The van der Waals surface area contributed by atoms with Crippen LogP contribution in [-0.4, -0.2) is 140 Å². The van der Waals surface area contributed by atoms with E-state index in [1.165, 1.54) is 23.3 Å². The number of fused-ring (bicyclic) bond motifs is 3. The zero-order valence-corrected chi connectivity index (χ0v) is 48.1. The van der Waals surface area contributed by atoms with E-state index in [2.05, 4.69) is 77.7 Å². The van der Waals surface area contributed by atoms with Crippen molar-refractivity contribution in [3.63, 3.8) is 0 Å². The van der Waals surface area contributed by atoms with E-state index in [4.69, 9.17) is 23.9 Å². The SMILES string of the molecule is COc1cc(CN2CCN([C@H]3CC4(CCN(c5ccc(C(=O)NS(=O)(=O)c6ccc(NC[C@H]7CC[C@](C)(O)CC7)c([N+](=O)[O-])c6)c(N6c7cc8cc[nH]c8nc7O[C@H]7COCC[C@@H]76)c5)CC4)[C@H]3C)[C@H](c3ccccc3C)C2)cnc1OC. The van der Waals surface area contributed by atoms with Crippen LogP contribution in [0.2, 0.25) is 0 Å². The maximum absolute atomic E-state index is 14.9. The van der Waals surface area contributed by atoms with Gasteiger partial charge in [0.15, 0.2) is 5.75 Å². The third-order valence-electron chi connectivity index (χ3n) is 19.0. The Bertz CT molecular complexity index is 3490. The van der Waals surface area contributed by atoms with Crippen LogP contribution in [0.4, 0.5) is 28.4 Å². The van der Waals surface area contributed by atoms with Gasteiger partial charge in [-0.2, -0.15) is 4.98 Å². The smallest absolute Gasteiger partial charge is 0.293 e. The Morgan fingerprint density at radius 3 is 2.51 bits per heavy atom. The number of anilines is 4. The maximum Gasteiger partial charge on any atom is 0.293 e. The van der Waals surface area contributed by atoms with Crippen molar-refractivity contribution in [2.45, 2.75) is 113 Å². The summed E-state index contributed by atoms with van der Waals surface area (Å²) >= 11 is 0. The lowest BCUT2D eigenvalue weighted by Crippen LogP contribution is -2.64. The molecule has 82 heavy (non-hydrogen) atoms. The number of methoxy groups -OCH3 is 2. The van der Waals surface area contributed by atoms with E-state index in [0.717, 1.165) is 94.1 Å². The molecule has 20 nitrogen and oxygen atoms in total.